The second-order valence-corrected chi connectivity index (χ2v) is 7.03. The van der Waals surface area contributed by atoms with E-state index in [9.17, 15) is 9.59 Å². The zero-order valence-electron chi connectivity index (χ0n) is 15.1. The van der Waals surface area contributed by atoms with Crippen LogP contribution in [0.4, 0.5) is 0 Å². The molecule has 0 saturated carbocycles. The van der Waals surface area contributed by atoms with Crippen LogP contribution in [-0.4, -0.2) is 24.1 Å². The molecular weight excluding hydrogens is 350 g/mol. The molecule has 0 unspecified atom stereocenters. The summed E-state index contributed by atoms with van der Waals surface area (Å²) >= 11 is 1.45. The van der Waals surface area contributed by atoms with Gasteiger partial charge in [0, 0.05) is 32.5 Å². The molecule has 3 aromatic rings. The third-order valence-corrected chi connectivity index (χ3v) is 5.16. The van der Waals surface area contributed by atoms with Crippen LogP contribution in [0, 0.1) is 0 Å². The van der Waals surface area contributed by atoms with Gasteiger partial charge in [0.25, 0.3) is 5.56 Å². The number of nitrogens with zero attached hydrogens (tertiary/aromatic N) is 5. The second kappa shape index (κ2) is 7.82. The average molecular weight is 371 g/mol. The van der Waals surface area contributed by atoms with Crippen LogP contribution < -0.4 is 11.2 Å². The highest BCUT2D eigenvalue weighted by molar-refractivity contribution is 7.98. The van der Waals surface area contributed by atoms with E-state index in [4.69, 9.17) is 0 Å². The van der Waals surface area contributed by atoms with Crippen molar-refractivity contribution in [1.29, 1.82) is 0 Å². The van der Waals surface area contributed by atoms with Crippen LogP contribution in [0.2, 0.25) is 0 Å². The lowest BCUT2D eigenvalue weighted by atomic mass is 10.2. The van der Waals surface area contributed by atoms with Gasteiger partial charge in [0.15, 0.2) is 5.65 Å². The number of rotatable bonds is 6. The first-order chi connectivity index (χ1) is 12.5. The minimum Gasteiger partial charge on any atom is -0.280 e. The van der Waals surface area contributed by atoms with Crippen molar-refractivity contribution < 1.29 is 0 Å². The van der Waals surface area contributed by atoms with Gasteiger partial charge in [-0.25, -0.2) is 14.8 Å². The molecule has 0 aliphatic heterocycles. The van der Waals surface area contributed by atoms with E-state index in [-0.39, 0.29) is 11.2 Å². The maximum absolute atomic E-state index is 12.7. The van der Waals surface area contributed by atoms with Gasteiger partial charge < -0.3 is 0 Å². The molecule has 0 radical (unpaired) electrons. The fraction of sp³-hybridized carbons (Fsp3) is 0.389. The SMILES string of the molecule is CCCCc1nc(SCc2ccccn2)c2c(=O)n(C)c(=O)n(C)c2n1. The Hall–Kier alpha value is -2.48. The van der Waals surface area contributed by atoms with E-state index in [0.29, 0.717) is 34.1 Å². The molecule has 26 heavy (non-hydrogen) atoms. The quantitative estimate of drug-likeness (QED) is 0.487. The summed E-state index contributed by atoms with van der Waals surface area (Å²) in [6.45, 7) is 2.10. The van der Waals surface area contributed by atoms with Gasteiger partial charge in [-0.05, 0) is 18.6 Å². The van der Waals surface area contributed by atoms with E-state index in [1.807, 2.05) is 18.2 Å². The van der Waals surface area contributed by atoms with E-state index < -0.39 is 0 Å². The zero-order valence-corrected chi connectivity index (χ0v) is 15.9. The molecular formula is C18H21N5O2S. The van der Waals surface area contributed by atoms with Gasteiger partial charge in [-0.15, -0.1) is 0 Å². The van der Waals surface area contributed by atoms with Gasteiger partial charge in [-0.3, -0.25) is 18.9 Å². The third kappa shape index (κ3) is 3.55. The maximum Gasteiger partial charge on any atom is 0.332 e. The maximum atomic E-state index is 12.7. The van der Waals surface area contributed by atoms with Gasteiger partial charge >= 0.3 is 5.69 Å². The first-order valence-electron chi connectivity index (χ1n) is 8.52. The van der Waals surface area contributed by atoms with E-state index in [1.54, 1.807) is 13.2 Å². The van der Waals surface area contributed by atoms with Crippen LogP contribution in [0.15, 0.2) is 39.0 Å². The van der Waals surface area contributed by atoms with Crippen molar-refractivity contribution in [2.75, 3.05) is 0 Å². The molecule has 8 heteroatoms. The average Bonchev–Trinajstić information content (AvgIpc) is 2.67. The molecule has 0 aliphatic carbocycles. The Morgan fingerprint density at radius 2 is 1.92 bits per heavy atom. The topological polar surface area (TPSA) is 82.7 Å². The highest BCUT2D eigenvalue weighted by atomic mass is 32.2. The van der Waals surface area contributed by atoms with E-state index in [1.165, 1.54) is 23.4 Å². The lowest BCUT2D eigenvalue weighted by Crippen LogP contribution is -2.37. The summed E-state index contributed by atoms with van der Waals surface area (Å²) in [7, 11) is 3.11. The monoisotopic (exact) mass is 371 g/mol. The molecule has 7 nitrogen and oxygen atoms in total. The number of hydrogen-bond donors (Lipinski definition) is 0. The smallest absolute Gasteiger partial charge is 0.280 e. The Kier molecular flexibility index (Phi) is 5.51. The number of aryl methyl sites for hydroxylation is 2. The summed E-state index contributed by atoms with van der Waals surface area (Å²) in [6, 6.07) is 5.72. The predicted octanol–water partition coefficient (Wildman–Crippen LogP) is 2.06. The molecule has 0 aromatic carbocycles. The van der Waals surface area contributed by atoms with Gasteiger partial charge in [-0.2, -0.15) is 0 Å². The number of unbranched alkanes of at least 4 members (excludes halogenated alkanes) is 1. The van der Waals surface area contributed by atoms with Crippen LogP contribution >= 0.6 is 11.8 Å². The lowest BCUT2D eigenvalue weighted by Gasteiger charge is -2.11. The normalized spacial score (nSPS) is 11.2. The number of fused-ring (bicyclic) bond motifs is 1. The number of hydrogen-bond acceptors (Lipinski definition) is 6. The van der Waals surface area contributed by atoms with Crippen molar-refractivity contribution in [3.05, 3.63) is 56.8 Å². The van der Waals surface area contributed by atoms with Crippen molar-refractivity contribution in [3.63, 3.8) is 0 Å². The van der Waals surface area contributed by atoms with E-state index in [0.717, 1.165) is 23.1 Å². The highest BCUT2D eigenvalue weighted by Gasteiger charge is 2.17. The minimum atomic E-state index is -0.386. The molecule has 136 valence electrons. The first kappa shape index (κ1) is 18.3. The molecule has 0 fully saturated rings. The summed E-state index contributed by atoms with van der Waals surface area (Å²) in [5.74, 6) is 1.25. The summed E-state index contributed by atoms with van der Waals surface area (Å²) in [4.78, 5) is 38.4. The molecule has 3 rings (SSSR count). The number of aromatic nitrogens is 5. The molecule has 0 atom stereocenters. The molecule has 0 saturated heterocycles. The largest absolute Gasteiger partial charge is 0.332 e. The fourth-order valence-corrected chi connectivity index (χ4v) is 3.60. The Morgan fingerprint density at radius 3 is 2.62 bits per heavy atom. The van der Waals surface area contributed by atoms with Crippen LogP contribution in [-0.2, 0) is 26.3 Å². The highest BCUT2D eigenvalue weighted by Crippen LogP contribution is 2.25. The molecule has 0 bridgehead atoms. The molecule has 0 N–H and O–H groups in total. The minimum absolute atomic E-state index is 0.367. The van der Waals surface area contributed by atoms with E-state index in [2.05, 4.69) is 21.9 Å². The number of thioether (sulfide) groups is 1. The van der Waals surface area contributed by atoms with Crippen molar-refractivity contribution in [2.45, 2.75) is 37.0 Å². The van der Waals surface area contributed by atoms with Crippen molar-refractivity contribution in [3.8, 4) is 0 Å². The first-order valence-corrected chi connectivity index (χ1v) is 9.50. The zero-order chi connectivity index (χ0) is 18.7. The summed E-state index contributed by atoms with van der Waals surface area (Å²) in [5.41, 5.74) is 0.542. The summed E-state index contributed by atoms with van der Waals surface area (Å²) < 4.78 is 2.51. The summed E-state index contributed by atoms with van der Waals surface area (Å²) in [5, 5.41) is 0.985. The second-order valence-electron chi connectivity index (χ2n) is 6.06. The van der Waals surface area contributed by atoms with Crippen LogP contribution in [0.3, 0.4) is 0 Å². The molecule has 0 aliphatic rings. The summed E-state index contributed by atoms with van der Waals surface area (Å²) in [6.07, 6.45) is 4.43. The fourth-order valence-electron chi connectivity index (χ4n) is 2.65. The van der Waals surface area contributed by atoms with Crippen molar-refractivity contribution in [2.24, 2.45) is 14.1 Å². The Labute approximate surface area is 155 Å². The van der Waals surface area contributed by atoms with Gasteiger partial charge in [0.05, 0.1) is 5.69 Å². The van der Waals surface area contributed by atoms with E-state index >= 15 is 0 Å². The van der Waals surface area contributed by atoms with Crippen LogP contribution in [0.1, 0.15) is 31.3 Å². The molecule has 3 heterocycles. The Morgan fingerprint density at radius 1 is 1.12 bits per heavy atom. The third-order valence-electron chi connectivity index (χ3n) is 4.15. The predicted molar refractivity (Wildman–Crippen MR) is 102 cm³/mol. The van der Waals surface area contributed by atoms with Crippen molar-refractivity contribution >= 4 is 22.8 Å². The molecule has 0 amide bonds. The Balaban J connectivity index is 2.14. The van der Waals surface area contributed by atoms with Crippen LogP contribution in [0.5, 0.6) is 0 Å². The standard InChI is InChI=1S/C18H21N5O2S/c1-4-5-9-13-20-15-14(17(24)23(3)18(25)22(15)2)16(21-13)26-11-12-8-6-7-10-19-12/h6-8,10H,4-5,9,11H2,1-3H3. The van der Waals surface area contributed by atoms with Gasteiger partial charge in [0.1, 0.15) is 16.2 Å². The molecule has 0 spiro atoms. The van der Waals surface area contributed by atoms with Gasteiger partial charge in [-0.1, -0.05) is 31.2 Å². The number of pyridine rings is 1. The van der Waals surface area contributed by atoms with Crippen LogP contribution in [0.25, 0.3) is 11.0 Å². The Bertz CT molecular complexity index is 1040. The molecule has 3 aromatic heterocycles. The van der Waals surface area contributed by atoms with Crippen molar-refractivity contribution in [1.82, 2.24) is 24.1 Å². The van der Waals surface area contributed by atoms with Gasteiger partial charge in [0.2, 0.25) is 0 Å². The lowest BCUT2D eigenvalue weighted by molar-refractivity contribution is 0.690.